The summed E-state index contributed by atoms with van der Waals surface area (Å²) in [6.45, 7) is 0. The standard InChI is InChI=1S/C15H13Br3O2/c1-20-15-5-3-10(16)6-9(15)7-14(19)12-8-11(17)2-4-13(12)18/h2-6,8,14,19H,7H2,1H3. The lowest BCUT2D eigenvalue weighted by atomic mass is 10.0. The maximum atomic E-state index is 10.5. The first kappa shape index (κ1) is 16.0. The lowest BCUT2D eigenvalue weighted by molar-refractivity contribution is 0.176. The van der Waals surface area contributed by atoms with Crippen LogP contribution in [0.3, 0.4) is 0 Å². The first-order valence-corrected chi connectivity index (χ1v) is 8.34. The van der Waals surface area contributed by atoms with Gasteiger partial charge in [-0.05, 0) is 47.5 Å². The van der Waals surface area contributed by atoms with Crippen LogP contribution in [0.4, 0.5) is 0 Å². The Hall–Kier alpha value is -0.360. The van der Waals surface area contributed by atoms with E-state index < -0.39 is 6.10 Å². The summed E-state index contributed by atoms with van der Waals surface area (Å²) in [6, 6.07) is 11.5. The van der Waals surface area contributed by atoms with Gasteiger partial charge in [0, 0.05) is 19.8 Å². The Kier molecular flexibility index (Phi) is 5.66. The zero-order valence-electron chi connectivity index (χ0n) is 10.7. The van der Waals surface area contributed by atoms with Gasteiger partial charge in [-0.25, -0.2) is 0 Å². The van der Waals surface area contributed by atoms with Crippen LogP contribution in [-0.4, -0.2) is 12.2 Å². The third kappa shape index (κ3) is 3.85. The Bertz CT molecular complexity index is 614. The molecule has 0 radical (unpaired) electrons. The van der Waals surface area contributed by atoms with E-state index in [1.165, 1.54) is 0 Å². The number of benzene rings is 2. The van der Waals surface area contributed by atoms with Gasteiger partial charge in [0.15, 0.2) is 0 Å². The summed E-state index contributed by atoms with van der Waals surface area (Å²) in [5.74, 6) is 0.776. The van der Waals surface area contributed by atoms with Crippen LogP contribution in [0, 0.1) is 0 Å². The normalized spacial score (nSPS) is 12.2. The Morgan fingerprint density at radius 2 is 1.70 bits per heavy atom. The van der Waals surface area contributed by atoms with E-state index in [1.54, 1.807) is 7.11 Å². The highest BCUT2D eigenvalue weighted by Gasteiger charge is 2.15. The second-order valence-corrected chi connectivity index (χ2v) is 7.03. The van der Waals surface area contributed by atoms with Gasteiger partial charge in [0.25, 0.3) is 0 Å². The maximum Gasteiger partial charge on any atom is 0.122 e. The highest BCUT2D eigenvalue weighted by atomic mass is 79.9. The molecule has 1 atom stereocenters. The fraction of sp³-hybridized carbons (Fsp3) is 0.200. The van der Waals surface area contributed by atoms with Crippen LogP contribution in [0.5, 0.6) is 5.75 Å². The van der Waals surface area contributed by atoms with Crippen LogP contribution in [-0.2, 0) is 6.42 Å². The zero-order valence-corrected chi connectivity index (χ0v) is 15.5. The molecular weight excluding hydrogens is 452 g/mol. The van der Waals surface area contributed by atoms with E-state index in [2.05, 4.69) is 47.8 Å². The number of halogens is 3. The van der Waals surface area contributed by atoms with E-state index in [4.69, 9.17) is 4.74 Å². The molecular formula is C15H13Br3O2. The number of hydrogen-bond acceptors (Lipinski definition) is 2. The van der Waals surface area contributed by atoms with Crippen molar-refractivity contribution < 1.29 is 9.84 Å². The van der Waals surface area contributed by atoms with Gasteiger partial charge in [0.2, 0.25) is 0 Å². The summed E-state index contributed by atoms with van der Waals surface area (Å²) in [7, 11) is 1.63. The Morgan fingerprint density at radius 3 is 2.40 bits per heavy atom. The van der Waals surface area contributed by atoms with Crippen molar-refractivity contribution in [3.8, 4) is 5.75 Å². The van der Waals surface area contributed by atoms with Gasteiger partial charge >= 0.3 is 0 Å². The van der Waals surface area contributed by atoms with Gasteiger partial charge in [0.05, 0.1) is 13.2 Å². The van der Waals surface area contributed by atoms with Gasteiger partial charge in [-0.3, -0.25) is 0 Å². The molecule has 2 rings (SSSR count). The summed E-state index contributed by atoms with van der Waals surface area (Å²) in [4.78, 5) is 0. The third-order valence-corrected chi connectivity index (χ3v) is 4.68. The molecule has 1 N–H and O–H groups in total. The average molecular weight is 465 g/mol. The molecule has 1 unspecified atom stereocenters. The first-order valence-electron chi connectivity index (χ1n) is 5.96. The van der Waals surface area contributed by atoms with Crippen molar-refractivity contribution in [3.63, 3.8) is 0 Å². The molecule has 0 aromatic heterocycles. The van der Waals surface area contributed by atoms with Crippen LogP contribution in [0.15, 0.2) is 49.8 Å². The molecule has 20 heavy (non-hydrogen) atoms. The molecule has 2 aromatic rings. The van der Waals surface area contributed by atoms with Crippen LogP contribution in [0.25, 0.3) is 0 Å². The molecule has 106 valence electrons. The molecule has 0 bridgehead atoms. The van der Waals surface area contributed by atoms with E-state index in [-0.39, 0.29) is 0 Å². The highest BCUT2D eigenvalue weighted by molar-refractivity contribution is 9.11. The van der Waals surface area contributed by atoms with E-state index in [0.717, 1.165) is 30.3 Å². The maximum absolute atomic E-state index is 10.5. The molecule has 0 aliphatic carbocycles. The molecule has 0 aliphatic heterocycles. The van der Waals surface area contributed by atoms with Crippen LogP contribution < -0.4 is 4.74 Å². The summed E-state index contributed by atoms with van der Waals surface area (Å²) in [5, 5.41) is 10.5. The molecule has 2 aromatic carbocycles. The van der Waals surface area contributed by atoms with Crippen molar-refractivity contribution in [2.45, 2.75) is 12.5 Å². The van der Waals surface area contributed by atoms with Crippen molar-refractivity contribution in [2.24, 2.45) is 0 Å². The van der Waals surface area contributed by atoms with Crippen molar-refractivity contribution in [2.75, 3.05) is 7.11 Å². The van der Waals surface area contributed by atoms with Gasteiger partial charge < -0.3 is 9.84 Å². The summed E-state index contributed by atoms with van der Waals surface area (Å²) >= 11 is 10.3. The summed E-state index contributed by atoms with van der Waals surface area (Å²) in [5.41, 5.74) is 1.81. The number of methoxy groups -OCH3 is 1. The first-order chi connectivity index (χ1) is 9.51. The number of ether oxygens (including phenoxy) is 1. The van der Waals surface area contributed by atoms with E-state index in [9.17, 15) is 5.11 Å². The topological polar surface area (TPSA) is 29.5 Å². The van der Waals surface area contributed by atoms with Crippen molar-refractivity contribution in [1.29, 1.82) is 0 Å². The summed E-state index contributed by atoms with van der Waals surface area (Å²) in [6.07, 6.45) is -0.123. The minimum atomic E-state index is -0.606. The smallest absolute Gasteiger partial charge is 0.122 e. The predicted molar refractivity (Wildman–Crippen MR) is 91.2 cm³/mol. The number of aliphatic hydroxyl groups is 1. The highest BCUT2D eigenvalue weighted by Crippen LogP contribution is 2.32. The predicted octanol–water partition coefficient (Wildman–Crippen LogP) is 5.26. The van der Waals surface area contributed by atoms with E-state index in [0.29, 0.717) is 6.42 Å². The fourth-order valence-corrected chi connectivity index (χ4v) is 3.29. The van der Waals surface area contributed by atoms with Crippen LogP contribution >= 0.6 is 47.8 Å². The minimum Gasteiger partial charge on any atom is -0.496 e. The molecule has 0 heterocycles. The van der Waals surface area contributed by atoms with E-state index in [1.807, 2.05) is 36.4 Å². The molecule has 2 nitrogen and oxygen atoms in total. The SMILES string of the molecule is COc1ccc(Br)cc1CC(O)c1cc(Br)ccc1Br. The Balaban J connectivity index is 2.29. The lowest BCUT2D eigenvalue weighted by Gasteiger charge is -2.16. The molecule has 5 heteroatoms. The monoisotopic (exact) mass is 462 g/mol. The molecule has 0 aliphatic rings. The Morgan fingerprint density at radius 1 is 1.05 bits per heavy atom. The van der Waals surface area contributed by atoms with Crippen LogP contribution in [0.2, 0.25) is 0 Å². The van der Waals surface area contributed by atoms with Gasteiger partial charge in [0.1, 0.15) is 5.75 Å². The molecule has 0 fully saturated rings. The summed E-state index contributed by atoms with van der Waals surface area (Å²) < 4.78 is 8.14. The zero-order chi connectivity index (χ0) is 14.7. The number of rotatable bonds is 4. The second kappa shape index (κ2) is 7.07. The van der Waals surface area contributed by atoms with Gasteiger partial charge in [-0.1, -0.05) is 47.8 Å². The minimum absolute atomic E-state index is 0.484. The molecule has 0 amide bonds. The quantitative estimate of drug-likeness (QED) is 0.669. The Labute approximate surface area is 143 Å². The molecule has 0 saturated carbocycles. The third-order valence-electron chi connectivity index (χ3n) is 2.97. The fourth-order valence-electron chi connectivity index (χ4n) is 1.99. The largest absolute Gasteiger partial charge is 0.496 e. The number of aliphatic hydroxyl groups excluding tert-OH is 1. The number of hydrogen-bond donors (Lipinski definition) is 1. The van der Waals surface area contributed by atoms with Crippen molar-refractivity contribution >= 4 is 47.8 Å². The van der Waals surface area contributed by atoms with Crippen molar-refractivity contribution in [3.05, 3.63) is 60.9 Å². The van der Waals surface area contributed by atoms with Crippen molar-refractivity contribution in [1.82, 2.24) is 0 Å². The lowest BCUT2D eigenvalue weighted by Crippen LogP contribution is -2.04. The van der Waals surface area contributed by atoms with E-state index >= 15 is 0 Å². The molecule has 0 spiro atoms. The van der Waals surface area contributed by atoms with Crippen LogP contribution in [0.1, 0.15) is 17.2 Å². The molecule has 0 saturated heterocycles. The van der Waals surface area contributed by atoms with Gasteiger partial charge in [-0.2, -0.15) is 0 Å². The van der Waals surface area contributed by atoms with Gasteiger partial charge in [-0.15, -0.1) is 0 Å². The average Bonchev–Trinajstić information content (AvgIpc) is 2.41. The second-order valence-electron chi connectivity index (χ2n) is 4.34.